The summed E-state index contributed by atoms with van der Waals surface area (Å²) in [4.78, 5) is 11.4. The summed E-state index contributed by atoms with van der Waals surface area (Å²) in [6.45, 7) is 1.84. The number of nitriles is 1. The summed E-state index contributed by atoms with van der Waals surface area (Å²) in [5, 5.41) is 18.6. The van der Waals surface area contributed by atoms with Gasteiger partial charge < -0.3 is 9.84 Å². The Balaban J connectivity index is 2.99. The van der Waals surface area contributed by atoms with Crippen LogP contribution < -0.4 is 0 Å². The van der Waals surface area contributed by atoms with Crippen molar-refractivity contribution >= 4 is 22.6 Å². The van der Waals surface area contributed by atoms with E-state index in [1.807, 2.05) is 0 Å². The monoisotopic (exact) mass is 277 g/mol. The number of aromatic hydroxyl groups is 1. The van der Waals surface area contributed by atoms with Crippen molar-refractivity contribution in [3.63, 3.8) is 0 Å². The van der Waals surface area contributed by atoms with Crippen molar-refractivity contribution in [2.24, 2.45) is 0 Å². The Hall–Kier alpha value is -2.25. The van der Waals surface area contributed by atoms with Gasteiger partial charge in [0.2, 0.25) is 0 Å². The molecule has 0 saturated heterocycles. The van der Waals surface area contributed by atoms with Gasteiger partial charge in [-0.1, -0.05) is 23.7 Å². The third-order valence-corrected chi connectivity index (χ3v) is 2.50. The average Bonchev–Trinajstić information content (AvgIpc) is 2.40. The topological polar surface area (TPSA) is 70.3 Å². The summed E-state index contributed by atoms with van der Waals surface area (Å²) in [6.07, 6.45) is 2.62. The van der Waals surface area contributed by atoms with Crippen LogP contribution in [0.15, 0.2) is 42.0 Å². The minimum Gasteiger partial charge on any atom is -0.507 e. The maximum absolute atomic E-state index is 11.4. The number of carbonyl (C=O) groups excluding carboxylic acids is 1. The molecular formula is C14H12ClNO3. The van der Waals surface area contributed by atoms with Gasteiger partial charge >= 0.3 is 5.97 Å². The van der Waals surface area contributed by atoms with Crippen LogP contribution in [0, 0.1) is 11.3 Å². The molecule has 1 aromatic carbocycles. The molecule has 1 N–H and O–H groups in total. The van der Waals surface area contributed by atoms with Crippen molar-refractivity contribution in [2.75, 3.05) is 6.61 Å². The van der Waals surface area contributed by atoms with E-state index in [0.29, 0.717) is 5.56 Å². The molecule has 0 heterocycles. The maximum Gasteiger partial charge on any atom is 0.348 e. The van der Waals surface area contributed by atoms with E-state index < -0.39 is 5.97 Å². The average molecular weight is 278 g/mol. The van der Waals surface area contributed by atoms with E-state index in [-0.39, 0.29) is 23.0 Å². The molecule has 0 spiro atoms. The van der Waals surface area contributed by atoms with Crippen LogP contribution in [0.3, 0.4) is 0 Å². The van der Waals surface area contributed by atoms with E-state index in [9.17, 15) is 9.90 Å². The van der Waals surface area contributed by atoms with Crippen LogP contribution in [0.25, 0.3) is 5.03 Å². The van der Waals surface area contributed by atoms with Crippen molar-refractivity contribution in [3.05, 3.63) is 47.6 Å². The summed E-state index contributed by atoms with van der Waals surface area (Å²) in [5.74, 6) is -0.685. The Kier molecular flexibility index (Phi) is 5.65. The molecule has 0 fully saturated rings. The molecule has 0 aliphatic carbocycles. The van der Waals surface area contributed by atoms with E-state index >= 15 is 0 Å². The molecule has 0 atom stereocenters. The molecule has 1 rings (SSSR count). The Morgan fingerprint density at radius 2 is 2.16 bits per heavy atom. The van der Waals surface area contributed by atoms with Crippen LogP contribution >= 0.6 is 11.6 Å². The molecule has 98 valence electrons. The third-order valence-electron chi connectivity index (χ3n) is 2.17. The molecular weight excluding hydrogens is 266 g/mol. The fourth-order valence-electron chi connectivity index (χ4n) is 1.28. The minimum absolute atomic E-state index is 0.0202. The second-order valence-electron chi connectivity index (χ2n) is 3.44. The van der Waals surface area contributed by atoms with Gasteiger partial charge in [0, 0.05) is 5.56 Å². The lowest BCUT2D eigenvalue weighted by atomic mass is 10.1. The van der Waals surface area contributed by atoms with Crippen LogP contribution in [0.4, 0.5) is 0 Å². The molecule has 0 aliphatic rings. The van der Waals surface area contributed by atoms with Gasteiger partial charge in [-0.2, -0.15) is 5.26 Å². The minimum atomic E-state index is -0.706. The lowest BCUT2D eigenvalue weighted by Crippen LogP contribution is -2.05. The quantitative estimate of drug-likeness (QED) is 0.397. The fourth-order valence-corrected chi connectivity index (χ4v) is 1.50. The van der Waals surface area contributed by atoms with Gasteiger partial charge in [-0.25, -0.2) is 4.79 Å². The van der Waals surface area contributed by atoms with Crippen LogP contribution in [0.1, 0.15) is 12.5 Å². The summed E-state index contributed by atoms with van der Waals surface area (Å²) >= 11 is 5.99. The van der Waals surface area contributed by atoms with E-state index in [1.165, 1.54) is 18.2 Å². The first-order valence-corrected chi connectivity index (χ1v) is 5.91. The van der Waals surface area contributed by atoms with Crippen LogP contribution in [-0.4, -0.2) is 17.7 Å². The normalized spacial score (nSPS) is 11.8. The van der Waals surface area contributed by atoms with E-state index in [2.05, 4.69) is 0 Å². The highest BCUT2D eigenvalue weighted by molar-refractivity contribution is 6.49. The Morgan fingerprint density at radius 3 is 2.74 bits per heavy atom. The zero-order valence-electron chi connectivity index (χ0n) is 10.3. The number of benzene rings is 1. The highest BCUT2D eigenvalue weighted by atomic mass is 35.5. The number of para-hydroxylation sites is 1. The number of carbonyl (C=O) groups is 1. The van der Waals surface area contributed by atoms with E-state index in [0.717, 1.165) is 0 Å². The number of hydrogen-bond donors (Lipinski definition) is 1. The highest BCUT2D eigenvalue weighted by Crippen LogP contribution is 2.27. The van der Waals surface area contributed by atoms with Crippen molar-refractivity contribution in [2.45, 2.75) is 6.92 Å². The molecule has 4 nitrogen and oxygen atoms in total. The summed E-state index contributed by atoms with van der Waals surface area (Å²) in [7, 11) is 0. The van der Waals surface area contributed by atoms with E-state index in [4.69, 9.17) is 21.6 Å². The lowest BCUT2D eigenvalue weighted by Gasteiger charge is -2.01. The maximum atomic E-state index is 11.4. The summed E-state index contributed by atoms with van der Waals surface area (Å²) in [5.41, 5.74) is 0.261. The highest BCUT2D eigenvalue weighted by Gasteiger charge is 2.09. The van der Waals surface area contributed by atoms with Gasteiger partial charge in [0.15, 0.2) is 0 Å². The number of esters is 1. The van der Waals surface area contributed by atoms with Gasteiger partial charge in [-0.05, 0) is 31.2 Å². The van der Waals surface area contributed by atoms with Crippen LogP contribution in [0.2, 0.25) is 0 Å². The first-order valence-electron chi connectivity index (χ1n) is 5.53. The Bertz CT molecular complexity index is 570. The Labute approximate surface area is 116 Å². The summed E-state index contributed by atoms with van der Waals surface area (Å²) in [6, 6.07) is 8.22. The number of allylic oxidation sites excluding steroid dienone is 2. The molecule has 1 aromatic rings. The number of ether oxygens (including phenoxy) is 1. The van der Waals surface area contributed by atoms with Gasteiger partial charge in [-0.15, -0.1) is 0 Å². The first kappa shape index (κ1) is 14.8. The molecule has 5 heteroatoms. The van der Waals surface area contributed by atoms with Crippen molar-refractivity contribution in [1.82, 2.24) is 0 Å². The van der Waals surface area contributed by atoms with Crippen LogP contribution in [-0.2, 0) is 9.53 Å². The second kappa shape index (κ2) is 7.24. The molecule has 19 heavy (non-hydrogen) atoms. The van der Waals surface area contributed by atoms with Crippen molar-refractivity contribution in [1.29, 1.82) is 5.26 Å². The molecule has 0 bridgehead atoms. The molecule has 0 aliphatic heterocycles. The lowest BCUT2D eigenvalue weighted by molar-refractivity contribution is -0.138. The predicted molar refractivity (Wildman–Crippen MR) is 72.3 cm³/mol. The molecule has 0 saturated carbocycles. The van der Waals surface area contributed by atoms with Gasteiger partial charge in [0.1, 0.15) is 17.4 Å². The van der Waals surface area contributed by atoms with Crippen molar-refractivity contribution in [3.8, 4) is 11.8 Å². The third kappa shape index (κ3) is 4.16. The number of rotatable bonds is 4. The van der Waals surface area contributed by atoms with Gasteiger partial charge in [0.25, 0.3) is 0 Å². The van der Waals surface area contributed by atoms with Crippen LogP contribution in [0.5, 0.6) is 5.75 Å². The smallest absolute Gasteiger partial charge is 0.348 e. The van der Waals surface area contributed by atoms with Crippen molar-refractivity contribution < 1.29 is 14.6 Å². The number of nitrogens with zero attached hydrogens (tertiary/aromatic N) is 1. The van der Waals surface area contributed by atoms with Gasteiger partial charge in [0.05, 0.1) is 11.6 Å². The standard InChI is InChI=1S/C14H12ClNO3/c1-2-19-14(18)10(9-16)7-8-12(15)11-5-3-4-6-13(11)17/h3-8,17H,2H2,1H3. The SMILES string of the molecule is CCOC(=O)C(C#N)=CC=C(Cl)c1ccccc1O. The zero-order valence-corrected chi connectivity index (χ0v) is 11.0. The predicted octanol–water partition coefficient (Wildman–Crippen LogP) is 2.98. The molecule has 0 radical (unpaired) electrons. The summed E-state index contributed by atoms with van der Waals surface area (Å²) < 4.78 is 4.71. The Morgan fingerprint density at radius 1 is 1.47 bits per heavy atom. The number of hydrogen-bond acceptors (Lipinski definition) is 4. The molecule has 0 unspecified atom stereocenters. The largest absolute Gasteiger partial charge is 0.507 e. The second-order valence-corrected chi connectivity index (χ2v) is 3.85. The number of phenols is 1. The number of phenolic OH excluding ortho intramolecular Hbond substituents is 1. The zero-order chi connectivity index (χ0) is 14.3. The fraction of sp³-hybridized carbons (Fsp3) is 0.143. The molecule has 0 aromatic heterocycles. The van der Waals surface area contributed by atoms with Gasteiger partial charge in [-0.3, -0.25) is 0 Å². The number of halogens is 1. The van der Waals surface area contributed by atoms with E-state index in [1.54, 1.807) is 31.2 Å². The molecule has 0 amide bonds. The first-order chi connectivity index (χ1) is 9.10.